The molecule has 0 amide bonds. The van der Waals surface area contributed by atoms with Gasteiger partial charge in [0, 0.05) is 43.4 Å². The maximum absolute atomic E-state index is 8.88. The first-order valence-electron chi connectivity index (χ1n) is 1.48. The summed E-state index contributed by atoms with van der Waals surface area (Å²) < 4.78 is 40.5. The molecule has 0 bridgehead atoms. The van der Waals surface area contributed by atoms with Crippen LogP contribution < -0.4 is 0 Å². The van der Waals surface area contributed by atoms with Crippen LogP contribution in [-0.2, 0) is 58.4 Å². The van der Waals surface area contributed by atoms with Crippen LogP contribution in [-0.4, -0.2) is 37.7 Å². The van der Waals surface area contributed by atoms with Gasteiger partial charge in [0.1, 0.15) is 0 Å². The summed E-state index contributed by atoms with van der Waals surface area (Å²) >= 11 is 0. The molecule has 0 aliphatic rings. The van der Waals surface area contributed by atoms with Crippen molar-refractivity contribution in [3.63, 3.8) is 0 Å². The van der Waals surface area contributed by atoms with Gasteiger partial charge in [0.25, 0.3) is 0 Å². The Balaban J connectivity index is -0.0000000267. The zero-order valence-electron chi connectivity index (χ0n) is 5.82. The smallest absolute Gasteiger partial charge is 0.412 e. The number of hydrogen-bond acceptors (Lipinski definition) is 3. The van der Waals surface area contributed by atoms with E-state index in [0.29, 0.717) is 0 Å². The first kappa shape index (κ1) is 29.3. The van der Waals surface area contributed by atoms with Crippen LogP contribution in [0.2, 0.25) is 0 Å². The summed E-state index contributed by atoms with van der Waals surface area (Å²) in [6.45, 7) is 0. The third-order valence-electron chi connectivity index (χ3n) is 0. The Labute approximate surface area is 103 Å². The molecule has 7 N–H and O–H groups in total. The molecule has 80 valence electrons. The SMILES string of the molecule is O.O=P(O)(O)O.O=S(=O)(O)O.[Ti].[Ti]. The van der Waals surface area contributed by atoms with Crippen LogP contribution in [0, 0.1) is 0 Å². The molecule has 9 nitrogen and oxygen atoms in total. The van der Waals surface area contributed by atoms with Crippen molar-refractivity contribution in [2.75, 3.05) is 0 Å². The van der Waals surface area contributed by atoms with Gasteiger partial charge in [0.05, 0.1) is 0 Å². The van der Waals surface area contributed by atoms with Gasteiger partial charge in [-0.3, -0.25) is 9.11 Å². The van der Waals surface area contributed by atoms with Gasteiger partial charge in [0.2, 0.25) is 0 Å². The van der Waals surface area contributed by atoms with Crippen molar-refractivity contribution in [1.82, 2.24) is 0 Å². The van der Waals surface area contributed by atoms with E-state index in [9.17, 15) is 0 Å². The predicted molar refractivity (Wildman–Crippen MR) is 32.1 cm³/mol. The van der Waals surface area contributed by atoms with Crippen LogP contribution in [0.5, 0.6) is 0 Å². The third kappa shape index (κ3) is 922. The van der Waals surface area contributed by atoms with Crippen molar-refractivity contribution in [2.45, 2.75) is 0 Å². The Morgan fingerprint density at radius 3 is 0.923 bits per heavy atom. The molecule has 13 heteroatoms. The van der Waals surface area contributed by atoms with Gasteiger partial charge < -0.3 is 20.2 Å². The van der Waals surface area contributed by atoms with Gasteiger partial charge in [-0.2, -0.15) is 8.42 Å². The second kappa shape index (κ2) is 11.4. The van der Waals surface area contributed by atoms with Gasteiger partial charge in [-0.1, -0.05) is 0 Å². The summed E-state index contributed by atoms with van der Waals surface area (Å²) in [5.41, 5.74) is 0. The molecule has 0 saturated heterocycles. The maximum atomic E-state index is 8.88. The van der Waals surface area contributed by atoms with E-state index in [0.717, 1.165) is 0 Å². The van der Waals surface area contributed by atoms with Gasteiger partial charge in [-0.05, 0) is 0 Å². The molecule has 0 aromatic carbocycles. The molecule has 0 aliphatic heterocycles. The second-order valence-electron chi connectivity index (χ2n) is 0.961. The molecular formula is H7O9PSTi2. The zero-order valence-corrected chi connectivity index (χ0v) is 10.7. The minimum atomic E-state index is -4.67. The standard InChI is InChI=1S/H3O4P.H2O4S.H2O.2Ti/c2*1-5(2,3)4;;;/h(H3,1,2,3,4);(H2,1,2,3,4);1H2;;. The van der Waals surface area contributed by atoms with Gasteiger partial charge in [-0.15, -0.1) is 0 Å². The fraction of sp³-hybridized carbons (Fsp3) is 0. The van der Waals surface area contributed by atoms with Crippen molar-refractivity contribution in [3.05, 3.63) is 0 Å². The van der Waals surface area contributed by atoms with E-state index >= 15 is 0 Å². The van der Waals surface area contributed by atoms with Crippen LogP contribution in [0.25, 0.3) is 0 Å². The Bertz CT molecular complexity index is 196. The fourth-order valence-corrected chi connectivity index (χ4v) is 0. The summed E-state index contributed by atoms with van der Waals surface area (Å²) in [6, 6.07) is 0. The van der Waals surface area contributed by atoms with Crippen LogP contribution in [0.1, 0.15) is 0 Å². The van der Waals surface area contributed by atoms with Gasteiger partial charge in [-0.25, -0.2) is 4.57 Å². The molecule has 0 spiro atoms. The van der Waals surface area contributed by atoms with Crippen molar-refractivity contribution in [1.29, 1.82) is 0 Å². The first-order chi connectivity index (χ1) is 4.00. The molecule has 0 rings (SSSR count). The monoisotopic (exact) mass is 310 g/mol. The van der Waals surface area contributed by atoms with E-state index in [1.54, 1.807) is 0 Å². The molecule has 0 heterocycles. The molecule has 0 aliphatic carbocycles. The number of rotatable bonds is 0. The molecule has 0 atom stereocenters. The average molecular weight is 310 g/mol. The van der Waals surface area contributed by atoms with E-state index in [1.165, 1.54) is 0 Å². The Hall–Kier alpha value is 1.37. The Kier molecular flexibility index (Phi) is 25.8. The molecule has 0 saturated carbocycles. The average Bonchev–Trinajstić information content (AvgIpc) is 1.12. The number of hydrogen-bond donors (Lipinski definition) is 5. The quantitative estimate of drug-likeness (QED) is 0.186. The third-order valence-corrected chi connectivity index (χ3v) is 0. The predicted octanol–water partition coefficient (Wildman–Crippen LogP) is -2.41. The van der Waals surface area contributed by atoms with E-state index in [-0.39, 0.29) is 48.9 Å². The van der Waals surface area contributed by atoms with E-state index < -0.39 is 18.2 Å². The minimum Gasteiger partial charge on any atom is -0.412 e. The van der Waals surface area contributed by atoms with Crippen LogP contribution in [0.4, 0.5) is 0 Å². The summed E-state index contributed by atoms with van der Waals surface area (Å²) in [4.78, 5) is 21.6. The van der Waals surface area contributed by atoms with Crippen molar-refractivity contribution < 1.29 is 85.7 Å². The molecular weight excluding hydrogens is 303 g/mol. The second-order valence-corrected chi connectivity index (χ2v) is 2.88. The van der Waals surface area contributed by atoms with Gasteiger partial charge >= 0.3 is 18.2 Å². The maximum Gasteiger partial charge on any atom is 0.466 e. The van der Waals surface area contributed by atoms with E-state index in [4.69, 9.17) is 36.8 Å². The van der Waals surface area contributed by atoms with Gasteiger partial charge in [0.15, 0.2) is 0 Å². The van der Waals surface area contributed by atoms with E-state index in [1.807, 2.05) is 0 Å². The summed E-state index contributed by atoms with van der Waals surface area (Å²) in [6.07, 6.45) is 0. The molecule has 0 aromatic heterocycles. The molecule has 0 fully saturated rings. The minimum absolute atomic E-state index is 0. The normalized spacial score (nSPS) is 9.00. The largest absolute Gasteiger partial charge is 0.466 e. The van der Waals surface area contributed by atoms with Crippen molar-refractivity contribution in [2.24, 2.45) is 0 Å². The Morgan fingerprint density at radius 1 is 0.923 bits per heavy atom. The Morgan fingerprint density at radius 2 is 0.923 bits per heavy atom. The zero-order chi connectivity index (χ0) is 9.00. The van der Waals surface area contributed by atoms with Crippen molar-refractivity contribution >= 4 is 18.2 Å². The van der Waals surface area contributed by atoms with Crippen molar-refractivity contribution in [3.8, 4) is 0 Å². The summed E-state index contributed by atoms with van der Waals surface area (Å²) in [5, 5.41) is 0. The summed E-state index contributed by atoms with van der Waals surface area (Å²) in [7, 11) is -9.31. The summed E-state index contributed by atoms with van der Waals surface area (Å²) in [5.74, 6) is 0. The first-order valence-corrected chi connectivity index (χ1v) is 4.44. The van der Waals surface area contributed by atoms with Crippen LogP contribution in [0.3, 0.4) is 0 Å². The molecule has 0 radical (unpaired) electrons. The molecule has 13 heavy (non-hydrogen) atoms. The molecule has 0 unspecified atom stereocenters. The van der Waals surface area contributed by atoms with E-state index in [2.05, 4.69) is 0 Å². The number of phosphoric acid groups is 1. The van der Waals surface area contributed by atoms with Crippen LogP contribution >= 0.6 is 7.82 Å². The fourth-order valence-electron chi connectivity index (χ4n) is 0. The van der Waals surface area contributed by atoms with Crippen LogP contribution in [0.15, 0.2) is 0 Å². The molecule has 0 aromatic rings. The topological polar surface area (TPSA) is 184 Å².